The Morgan fingerprint density at radius 1 is 1.25 bits per heavy atom. The minimum atomic E-state index is 0.0652. The summed E-state index contributed by atoms with van der Waals surface area (Å²) in [7, 11) is 0. The van der Waals surface area contributed by atoms with Gasteiger partial charge in [-0.1, -0.05) is 6.92 Å². The average molecular weight is 332 g/mol. The molecule has 0 N–H and O–H groups in total. The average Bonchev–Trinajstić information content (AvgIpc) is 3.38. The summed E-state index contributed by atoms with van der Waals surface area (Å²) in [6.45, 7) is 4.61. The van der Waals surface area contributed by atoms with Gasteiger partial charge in [0, 0.05) is 31.7 Å². The lowest BCUT2D eigenvalue weighted by atomic mass is 9.89. The zero-order valence-electron chi connectivity index (χ0n) is 14.6. The monoisotopic (exact) mass is 332 g/mol. The van der Waals surface area contributed by atoms with E-state index in [4.69, 9.17) is 4.74 Å². The highest BCUT2D eigenvalue weighted by atomic mass is 16.5. The number of hydrogen-bond acceptors (Lipinski definition) is 4. The lowest BCUT2D eigenvalue weighted by Gasteiger charge is -2.37. The Morgan fingerprint density at radius 2 is 2.04 bits per heavy atom. The molecule has 6 nitrogen and oxygen atoms in total. The molecular formula is C18H28N4O2. The van der Waals surface area contributed by atoms with Gasteiger partial charge >= 0.3 is 0 Å². The van der Waals surface area contributed by atoms with Crippen molar-refractivity contribution in [2.24, 2.45) is 5.92 Å². The number of carbonyl (C=O) groups excluding carboxylic acids is 1. The maximum Gasteiger partial charge on any atom is 0.228 e. The predicted octanol–water partition coefficient (Wildman–Crippen LogP) is 2.52. The fourth-order valence-electron chi connectivity index (χ4n) is 4.30. The van der Waals surface area contributed by atoms with Crippen molar-refractivity contribution < 1.29 is 9.53 Å². The van der Waals surface area contributed by atoms with Crippen LogP contribution in [0.15, 0.2) is 6.33 Å². The van der Waals surface area contributed by atoms with Gasteiger partial charge in [-0.05, 0) is 44.9 Å². The SMILES string of the molecule is CC[C@H]1OCCC[C@@H]1C(=O)N1CCC(c2nncn2C2CC2)CC1. The first-order chi connectivity index (χ1) is 11.8. The Balaban J connectivity index is 1.37. The maximum absolute atomic E-state index is 12.9. The minimum absolute atomic E-state index is 0.0652. The van der Waals surface area contributed by atoms with Crippen molar-refractivity contribution in [2.75, 3.05) is 19.7 Å². The van der Waals surface area contributed by atoms with Crippen LogP contribution in [-0.4, -0.2) is 51.4 Å². The molecule has 2 atom stereocenters. The van der Waals surface area contributed by atoms with E-state index >= 15 is 0 Å². The van der Waals surface area contributed by atoms with E-state index in [1.807, 2.05) is 6.33 Å². The molecule has 1 aromatic rings. The van der Waals surface area contributed by atoms with Gasteiger partial charge in [-0.3, -0.25) is 4.79 Å². The second-order valence-electron chi connectivity index (χ2n) is 7.49. The highest BCUT2D eigenvalue weighted by Crippen LogP contribution is 2.38. The Bertz CT molecular complexity index is 575. The number of rotatable bonds is 4. The molecule has 2 saturated heterocycles. The number of carbonyl (C=O) groups is 1. The molecule has 1 saturated carbocycles. The van der Waals surface area contributed by atoms with Crippen LogP contribution in [0.5, 0.6) is 0 Å². The third-order valence-corrected chi connectivity index (χ3v) is 5.87. The van der Waals surface area contributed by atoms with Crippen LogP contribution in [0.3, 0.4) is 0 Å². The van der Waals surface area contributed by atoms with Gasteiger partial charge in [0.1, 0.15) is 12.2 Å². The van der Waals surface area contributed by atoms with E-state index in [9.17, 15) is 4.79 Å². The lowest BCUT2D eigenvalue weighted by molar-refractivity contribution is -0.146. The summed E-state index contributed by atoms with van der Waals surface area (Å²) in [4.78, 5) is 15.0. The van der Waals surface area contributed by atoms with Gasteiger partial charge in [0.15, 0.2) is 0 Å². The molecule has 1 aromatic heterocycles. The summed E-state index contributed by atoms with van der Waals surface area (Å²) in [5.74, 6) is 1.96. The third-order valence-electron chi connectivity index (χ3n) is 5.87. The van der Waals surface area contributed by atoms with Crippen molar-refractivity contribution in [1.29, 1.82) is 0 Å². The zero-order chi connectivity index (χ0) is 16.5. The van der Waals surface area contributed by atoms with E-state index in [1.165, 1.54) is 12.8 Å². The minimum Gasteiger partial charge on any atom is -0.377 e. The summed E-state index contributed by atoms with van der Waals surface area (Å²) in [5.41, 5.74) is 0. The van der Waals surface area contributed by atoms with Crippen LogP contribution in [0.4, 0.5) is 0 Å². The van der Waals surface area contributed by atoms with E-state index in [1.54, 1.807) is 0 Å². The molecule has 3 fully saturated rings. The van der Waals surface area contributed by atoms with Crippen molar-refractivity contribution in [2.45, 2.75) is 69.9 Å². The second kappa shape index (κ2) is 6.82. The number of nitrogens with zero attached hydrogens (tertiary/aromatic N) is 4. The normalized spacial score (nSPS) is 29.0. The summed E-state index contributed by atoms with van der Waals surface area (Å²) < 4.78 is 8.08. The van der Waals surface area contributed by atoms with Crippen LogP contribution in [0, 0.1) is 5.92 Å². The van der Waals surface area contributed by atoms with E-state index in [2.05, 4.69) is 26.6 Å². The van der Waals surface area contributed by atoms with Crippen molar-refractivity contribution >= 4 is 5.91 Å². The van der Waals surface area contributed by atoms with Gasteiger partial charge < -0.3 is 14.2 Å². The van der Waals surface area contributed by atoms with E-state index < -0.39 is 0 Å². The van der Waals surface area contributed by atoms with Gasteiger partial charge in [0.2, 0.25) is 5.91 Å². The van der Waals surface area contributed by atoms with Gasteiger partial charge in [-0.15, -0.1) is 10.2 Å². The molecule has 6 heteroatoms. The van der Waals surface area contributed by atoms with Crippen LogP contribution in [0.2, 0.25) is 0 Å². The van der Waals surface area contributed by atoms with E-state index in [0.29, 0.717) is 17.9 Å². The number of ether oxygens (including phenoxy) is 1. The largest absolute Gasteiger partial charge is 0.377 e. The van der Waals surface area contributed by atoms with E-state index in [-0.39, 0.29) is 12.0 Å². The number of amides is 1. The van der Waals surface area contributed by atoms with Crippen LogP contribution in [-0.2, 0) is 9.53 Å². The predicted molar refractivity (Wildman–Crippen MR) is 89.6 cm³/mol. The Hall–Kier alpha value is -1.43. The number of likely N-dealkylation sites (tertiary alicyclic amines) is 1. The first kappa shape index (κ1) is 16.1. The highest BCUT2D eigenvalue weighted by Gasteiger charge is 2.36. The van der Waals surface area contributed by atoms with Gasteiger partial charge in [0.05, 0.1) is 12.0 Å². The summed E-state index contributed by atoms with van der Waals surface area (Å²) in [6.07, 6.45) is 9.42. The standard InChI is InChI=1S/C18H28N4O2/c1-2-16-15(4-3-11-24-16)18(23)21-9-7-13(8-10-21)17-20-19-12-22(17)14-5-6-14/h12-16H,2-11H2,1H3/t15-,16+/m0/s1. The van der Waals surface area contributed by atoms with Crippen molar-refractivity contribution in [1.82, 2.24) is 19.7 Å². The molecule has 3 heterocycles. The maximum atomic E-state index is 12.9. The van der Waals surface area contributed by atoms with Crippen LogP contribution >= 0.6 is 0 Å². The third kappa shape index (κ3) is 3.08. The molecule has 132 valence electrons. The first-order valence-corrected chi connectivity index (χ1v) is 9.57. The first-order valence-electron chi connectivity index (χ1n) is 9.57. The smallest absolute Gasteiger partial charge is 0.228 e. The van der Waals surface area contributed by atoms with Crippen LogP contribution in [0.25, 0.3) is 0 Å². The lowest BCUT2D eigenvalue weighted by Crippen LogP contribution is -2.46. The molecule has 4 rings (SSSR count). The quantitative estimate of drug-likeness (QED) is 0.850. The van der Waals surface area contributed by atoms with Crippen LogP contribution < -0.4 is 0 Å². The number of piperidine rings is 1. The zero-order valence-corrected chi connectivity index (χ0v) is 14.6. The number of aromatic nitrogens is 3. The molecule has 0 unspecified atom stereocenters. The molecule has 0 aromatic carbocycles. The fraction of sp³-hybridized carbons (Fsp3) is 0.833. The van der Waals surface area contributed by atoms with Crippen molar-refractivity contribution in [3.8, 4) is 0 Å². The molecule has 1 amide bonds. The highest BCUT2D eigenvalue weighted by molar-refractivity contribution is 5.79. The summed E-state index contributed by atoms with van der Waals surface area (Å²) >= 11 is 0. The molecule has 24 heavy (non-hydrogen) atoms. The Kier molecular flexibility index (Phi) is 4.57. The van der Waals surface area contributed by atoms with Crippen LogP contribution in [0.1, 0.15) is 69.7 Å². The molecule has 2 aliphatic heterocycles. The van der Waals surface area contributed by atoms with Gasteiger partial charge in [-0.25, -0.2) is 0 Å². The Labute approximate surface area is 143 Å². The molecule has 0 bridgehead atoms. The molecular weight excluding hydrogens is 304 g/mol. The van der Waals surface area contributed by atoms with Crippen molar-refractivity contribution in [3.63, 3.8) is 0 Å². The summed E-state index contributed by atoms with van der Waals surface area (Å²) in [6, 6.07) is 0.624. The molecule has 0 spiro atoms. The summed E-state index contributed by atoms with van der Waals surface area (Å²) in [5, 5.41) is 8.50. The van der Waals surface area contributed by atoms with Crippen molar-refractivity contribution in [3.05, 3.63) is 12.2 Å². The molecule has 1 aliphatic carbocycles. The fourth-order valence-corrected chi connectivity index (χ4v) is 4.30. The van der Waals surface area contributed by atoms with E-state index in [0.717, 1.165) is 57.6 Å². The second-order valence-corrected chi connectivity index (χ2v) is 7.49. The molecule has 0 radical (unpaired) electrons. The Morgan fingerprint density at radius 3 is 2.75 bits per heavy atom. The molecule has 3 aliphatic rings. The number of hydrogen-bond donors (Lipinski definition) is 0. The van der Waals surface area contributed by atoms with Gasteiger partial charge in [-0.2, -0.15) is 0 Å². The van der Waals surface area contributed by atoms with Gasteiger partial charge in [0.25, 0.3) is 0 Å². The topological polar surface area (TPSA) is 60.2 Å².